The molecule has 1 fully saturated rings. The van der Waals surface area contributed by atoms with Gasteiger partial charge in [-0.3, -0.25) is 0 Å². The van der Waals surface area contributed by atoms with Gasteiger partial charge in [0.25, 0.3) is 0 Å². The van der Waals surface area contributed by atoms with Crippen LogP contribution in [0.15, 0.2) is 23.7 Å². The minimum atomic E-state index is -0.994. The summed E-state index contributed by atoms with van der Waals surface area (Å²) in [5.74, 6) is -0.994. The van der Waals surface area contributed by atoms with Crippen LogP contribution in [0.25, 0.3) is 6.08 Å². The first kappa shape index (κ1) is 24.0. The molecule has 8 heteroatoms. The van der Waals surface area contributed by atoms with Gasteiger partial charge in [-0.25, -0.2) is 9.59 Å². The second kappa shape index (κ2) is 8.43. The summed E-state index contributed by atoms with van der Waals surface area (Å²) >= 11 is 0. The van der Waals surface area contributed by atoms with E-state index in [0.717, 1.165) is 0 Å². The molecular formula is C22H32BNO6. The van der Waals surface area contributed by atoms with Gasteiger partial charge < -0.3 is 24.5 Å². The smallest absolute Gasteiger partial charge is 0.478 e. The molecule has 0 aromatic heterocycles. The van der Waals surface area contributed by atoms with Gasteiger partial charge in [-0.05, 0) is 78.1 Å². The first-order chi connectivity index (χ1) is 13.6. The predicted octanol–water partition coefficient (Wildman–Crippen LogP) is 4.23. The van der Waals surface area contributed by atoms with Crippen LogP contribution in [0, 0.1) is 6.92 Å². The maximum Gasteiger partial charge on any atom is 0.492 e. The van der Waals surface area contributed by atoms with Crippen molar-refractivity contribution < 1.29 is 28.7 Å². The number of rotatable bonds is 5. The normalized spacial score (nSPS) is 18.3. The highest BCUT2D eigenvalue weighted by Crippen LogP contribution is 2.39. The second-order valence-corrected chi connectivity index (χ2v) is 9.49. The van der Waals surface area contributed by atoms with E-state index in [1.165, 1.54) is 0 Å². The maximum atomic E-state index is 12.2. The Morgan fingerprint density at radius 2 is 1.73 bits per heavy atom. The van der Waals surface area contributed by atoms with E-state index in [1.54, 1.807) is 45.9 Å². The molecule has 164 valence electrons. The average molecular weight is 417 g/mol. The molecule has 0 aliphatic carbocycles. The Morgan fingerprint density at radius 1 is 1.17 bits per heavy atom. The third kappa shape index (κ3) is 5.64. The standard InChI is InChI=1S/C22H32BNO6/c1-14-15(10-9-11-17(14)18(25)26)12-16(13-24-19(27)28-20(2,3)4)23-29-21(5,6)22(7,8)30-23/h9-12H,13H2,1-8H3,(H,24,27)(H,25,26). The summed E-state index contributed by atoms with van der Waals surface area (Å²) in [5, 5.41) is 12.2. The molecule has 1 heterocycles. The minimum absolute atomic E-state index is 0.127. The molecule has 0 bridgehead atoms. The Hall–Kier alpha value is -2.32. The van der Waals surface area contributed by atoms with E-state index in [9.17, 15) is 14.7 Å². The van der Waals surface area contributed by atoms with E-state index in [0.29, 0.717) is 16.6 Å². The summed E-state index contributed by atoms with van der Waals surface area (Å²) in [6.07, 6.45) is 1.25. The van der Waals surface area contributed by atoms with Gasteiger partial charge in [0, 0.05) is 6.54 Å². The minimum Gasteiger partial charge on any atom is -0.478 e. The third-order valence-corrected chi connectivity index (χ3v) is 5.34. The monoisotopic (exact) mass is 417 g/mol. The van der Waals surface area contributed by atoms with Crippen molar-refractivity contribution >= 4 is 25.3 Å². The Morgan fingerprint density at radius 3 is 2.23 bits per heavy atom. The molecule has 1 aromatic carbocycles. The lowest BCUT2D eigenvalue weighted by molar-refractivity contribution is 0.00578. The second-order valence-electron chi connectivity index (χ2n) is 9.49. The van der Waals surface area contributed by atoms with Crippen molar-refractivity contribution in [3.05, 3.63) is 40.4 Å². The number of carboxylic acids is 1. The molecule has 0 saturated carbocycles. The van der Waals surface area contributed by atoms with Crippen LogP contribution in [-0.4, -0.2) is 47.6 Å². The first-order valence-corrected chi connectivity index (χ1v) is 9.99. The van der Waals surface area contributed by atoms with Crippen molar-refractivity contribution in [2.75, 3.05) is 6.54 Å². The summed E-state index contributed by atoms with van der Waals surface area (Å²) in [6.45, 7) is 15.0. The number of ether oxygens (including phenoxy) is 1. The molecule has 1 amide bonds. The maximum absolute atomic E-state index is 12.2. The number of hydrogen-bond acceptors (Lipinski definition) is 5. The fraction of sp³-hybridized carbons (Fsp3) is 0.545. The van der Waals surface area contributed by atoms with Crippen molar-refractivity contribution in [1.29, 1.82) is 0 Å². The average Bonchev–Trinajstić information content (AvgIpc) is 2.78. The number of carbonyl (C=O) groups is 2. The number of aromatic carboxylic acids is 1. The van der Waals surface area contributed by atoms with Gasteiger partial charge in [-0.15, -0.1) is 0 Å². The highest BCUT2D eigenvalue weighted by atomic mass is 16.7. The van der Waals surface area contributed by atoms with Gasteiger partial charge in [-0.2, -0.15) is 0 Å². The lowest BCUT2D eigenvalue weighted by atomic mass is 9.76. The SMILES string of the molecule is Cc1c(C=C(CNC(=O)OC(C)(C)C)B2OC(C)(C)C(C)(C)O2)cccc1C(=O)O. The molecule has 1 aliphatic heterocycles. The molecule has 0 spiro atoms. The molecule has 2 rings (SSSR count). The molecule has 1 aromatic rings. The van der Waals surface area contributed by atoms with Crippen LogP contribution in [0.3, 0.4) is 0 Å². The number of benzene rings is 1. The van der Waals surface area contributed by atoms with Gasteiger partial charge in [0.15, 0.2) is 0 Å². The number of alkyl carbamates (subject to hydrolysis) is 1. The summed E-state index contributed by atoms with van der Waals surface area (Å²) in [7, 11) is -0.696. The van der Waals surface area contributed by atoms with E-state index >= 15 is 0 Å². The Kier molecular flexibility index (Phi) is 6.74. The molecular weight excluding hydrogens is 385 g/mol. The van der Waals surface area contributed by atoms with Crippen molar-refractivity contribution in [1.82, 2.24) is 5.32 Å². The highest BCUT2D eigenvalue weighted by Gasteiger charge is 2.52. The van der Waals surface area contributed by atoms with Crippen LogP contribution >= 0.6 is 0 Å². The van der Waals surface area contributed by atoms with Gasteiger partial charge in [0.05, 0.1) is 16.8 Å². The van der Waals surface area contributed by atoms with Gasteiger partial charge in [0.2, 0.25) is 0 Å². The molecule has 0 atom stereocenters. The van der Waals surface area contributed by atoms with E-state index < -0.39 is 36.0 Å². The Bertz CT molecular complexity index is 838. The van der Waals surface area contributed by atoms with Crippen LogP contribution in [0.4, 0.5) is 4.79 Å². The summed E-state index contributed by atoms with van der Waals surface area (Å²) in [4.78, 5) is 23.7. The number of hydrogen-bond donors (Lipinski definition) is 2. The third-order valence-electron chi connectivity index (χ3n) is 5.34. The van der Waals surface area contributed by atoms with Crippen LogP contribution in [0.2, 0.25) is 0 Å². The summed E-state index contributed by atoms with van der Waals surface area (Å²) < 4.78 is 17.6. The lowest BCUT2D eigenvalue weighted by Crippen LogP contribution is -2.41. The number of carbonyl (C=O) groups excluding carboxylic acids is 1. The van der Waals surface area contributed by atoms with Crippen LogP contribution in [0.5, 0.6) is 0 Å². The van der Waals surface area contributed by atoms with Gasteiger partial charge in [0.1, 0.15) is 5.60 Å². The topological polar surface area (TPSA) is 94.1 Å². The molecule has 0 unspecified atom stereocenters. The zero-order valence-electron chi connectivity index (χ0n) is 19.1. The lowest BCUT2D eigenvalue weighted by Gasteiger charge is -2.32. The molecule has 30 heavy (non-hydrogen) atoms. The molecule has 2 N–H and O–H groups in total. The molecule has 1 saturated heterocycles. The fourth-order valence-electron chi connectivity index (χ4n) is 2.93. The summed E-state index contributed by atoms with van der Waals surface area (Å²) in [5.41, 5.74) is 0.482. The predicted molar refractivity (Wildman–Crippen MR) is 116 cm³/mol. The van der Waals surface area contributed by atoms with E-state index in [1.807, 2.05) is 33.8 Å². The zero-order valence-corrected chi connectivity index (χ0v) is 19.1. The van der Waals surface area contributed by atoms with E-state index in [-0.39, 0.29) is 12.1 Å². The van der Waals surface area contributed by atoms with Gasteiger partial charge >= 0.3 is 19.2 Å². The Labute approximate surface area is 178 Å². The van der Waals surface area contributed by atoms with Crippen LogP contribution in [0.1, 0.15) is 70.0 Å². The Balaban J connectivity index is 2.37. The molecule has 7 nitrogen and oxygen atoms in total. The molecule has 0 radical (unpaired) electrons. The number of amides is 1. The quantitative estimate of drug-likeness (QED) is 0.697. The van der Waals surface area contributed by atoms with E-state index in [2.05, 4.69) is 5.32 Å². The van der Waals surface area contributed by atoms with Crippen molar-refractivity contribution in [3.8, 4) is 0 Å². The van der Waals surface area contributed by atoms with Gasteiger partial charge in [-0.1, -0.05) is 18.2 Å². The fourth-order valence-corrected chi connectivity index (χ4v) is 2.93. The number of carboxylic acid groups (broad SMARTS) is 1. The largest absolute Gasteiger partial charge is 0.492 e. The van der Waals surface area contributed by atoms with Crippen LogP contribution in [-0.2, 0) is 14.0 Å². The van der Waals surface area contributed by atoms with Crippen molar-refractivity contribution in [2.45, 2.75) is 72.2 Å². The van der Waals surface area contributed by atoms with Crippen molar-refractivity contribution in [2.24, 2.45) is 0 Å². The zero-order chi connectivity index (χ0) is 22.9. The van der Waals surface area contributed by atoms with Crippen LogP contribution < -0.4 is 5.32 Å². The first-order valence-electron chi connectivity index (χ1n) is 9.99. The van der Waals surface area contributed by atoms with Crippen molar-refractivity contribution in [3.63, 3.8) is 0 Å². The summed E-state index contributed by atoms with van der Waals surface area (Å²) in [6, 6.07) is 5.06. The number of nitrogens with one attached hydrogen (secondary N) is 1. The van der Waals surface area contributed by atoms with E-state index in [4.69, 9.17) is 14.0 Å². The molecule has 1 aliphatic rings. The highest BCUT2D eigenvalue weighted by molar-refractivity contribution is 6.56.